The van der Waals surface area contributed by atoms with Crippen LogP contribution in [-0.4, -0.2) is 28.7 Å². The van der Waals surface area contributed by atoms with Crippen molar-refractivity contribution in [2.24, 2.45) is 0 Å². The van der Waals surface area contributed by atoms with E-state index in [4.69, 9.17) is 4.74 Å². The maximum Gasteiger partial charge on any atom is 0.433 e. The van der Waals surface area contributed by atoms with Gasteiger partial charge in [-0.05, 0) is 24.3 Å². The Balaban J connectivity index is 2.00. The molecule has 152 valence electrons. The summed E-state index contributed by atoms with van der Waals surface area (Å²) in [6.45, 7) is -3.10. The minimum atomic E-state index is -4.72. The van der Waals surface area contributed by atoms with Crippen LogP contribution in [0.1, 0.15) is 5.69 Å². The zero-order valence-corrected chi connectivity index (χ0v) is 14.7. The molecule has 3 rings (SSSR count). The first kappa shape index (κ1) is 20.2. The van der Waals surface area contributed by atoms with Crippen molar-refractivity contribution in [3.63, 3.8) is 0 Å². The fraction of sp³-hybridized carbons (Fsp3) is 0.167. The van der Waals surface area contributed by atoms with Crippen LogP contribution in [-0.2, 0) is 6.18 Å². The second-order valence-corrected chi connectivity index (χ2v) is 5.56. The van der Waals surface area contributed by atoms with Gasteiger partial charge in [0, 0.05) is 35.8 Å². The van der Waals surface area contributed by atoms with Crippen molar-refractivity contribution in [1.29, 1.82) is 0 Å². The molecule has 3 aromatic rings. The van der Waals surface area contributed by atoms with Gasteiger partial charge in [-0.2, -0.15) is 22.0 Å². The minimum Gasteiger partial charge on any atom is -0.493 e. The van der Waals surface area contributed by atoms with Crippen LogP contribution in [0.4, 0.5) is 33.5 Å². The van der Waals surface area contributed by atoms with Gasteiger partial charge in [-0.3, -0.25) is 4.98 Å². The number of benzene rings is 1. The number of pyridine rings is 1. The summed E-state index contributed by atoms with van der Waals surface area (Å²) in [5.41, 5.74) is -0.682. The Kier molecular flexibility index (Phi) is 5.76. The second-order valence-electron chi connectivity index (χ2n) is 5.56. The standard InChI is InChI=1S/C18H13F5N4O2/c1-28-12-3-2-11(8-13(12)29-17(19)20)25-15-9-14(18(21,22)23)26-16(27-15)10-4-6-24-7-5-10/h2-9,17H,1H3,(H,25,26,27). The van der Waals surface area contributed by atoms with Crippen LogP contribution < -0.4 is 14.8 Å². The van der Waals surface area contributed by atoms with E-state index >= 15 is 0 Å². The lowest BCUT2D eigenvalue weighted by atomic mass is 10.2. The molecule has 0 amide bonds. The van der Waals surface area contributed by atoms with Gasteiger partial charge in [0.2, 0.25) is 0 Å². The van der Waals surface area contributed by atoms with Gasteiger partial charge in [0.05, 0.1) is 7.11 Å². The fourth-order valence-electron chi connectivity index (χ4n) is 2.38. The summed E-state index contributed by atoms with van der Waals surface area (Å²) in [5.74, 6) is -0.617. The van der Waals surface area contributed by atoms with E-state index in [9.17, 15) is 22.0 Å². The number of hydrogen-bond acceptors (Lipinski definition) is 6. The van der Waals surface area contributed by atoms with E-state index in [1.165, 1.54) is 43.8 Å². The van der Waals surface area contributed by atoms with Crippen molar-refractivity contribution in [2.75, 3.05) is 12.4 Å². The Hall–Kier alpha value is -3.50. The lowest BCUT2D eigenvalue weighted by molar-refractivity contribution is -0.141. The van der Waals surface area contributed by atoms with Crippen molar-refractivity contribution in [3.05, 3.63) is 54.5 Å². The Morgan fingerprint density at radius 2 is 1.69 bits per heavy atom. The van der Waals surface area contributed by atoms with Crippen molar-refractivity contribution >= 4 is 11.5 Å². The molecular weight excluding hydrogens is 399 g/mol. The summed E-state index contributed by atoms with van der Waals surface area (Å²) in [7, 11) is 1.27. The van der Waals surface area contributed by atoms with Crippen LogP contribution in [0.2, 0.25) is 0 Å². The topological polar surface area (TPSA) is 69.2 Å². The lowest BCUT2D eigenvalue weighted by Crippen LogP contribution is -2.11. The predicted molar refractivity (Wildman–Crippen MR) is 93.2 cm³/mol. The maximum absolute atomic E-state index is 13.3. The molecule has 1 aromatic carbocycles. The summed E-state index contributed by atoms with van der Waals surface area (Å²) in [4.78, 5) is 11.4. The molecule has 11 heteroatoms. The highest BCUT2D eigenvalue weighted by Gasteiger charge is 2.34. The average molecular weight is 412 g/mol. The van der Waals surface area contributed by atoms with Gasteiger partial charge in [-0.1, -0.05) is 0 Å². The van der Waals surface area contributed by atoms with E-state index in [0.29, 0.717) is 11.6 Å². The first-order chi connectivity index (χ1) is 13.8. The summed E-state index contributed by atoms with van der Waals surface area (Å²) in [6.07, 6.45) is -1.93. The highest BCUT2D eigenvalue weighted by atomic mass is 19.4. The number of anilines is 2. The summed E-state index contributed by atoms with van der Waals surface area (Å²) < 4.78 is 74.2. The molecule has 0 spiro atoms. The number of ether oxygens (including phenoxy) is 2. The smallest absolute Gasteiger partial charge is 0.433 e. The number of halogens is 5. The second kappa shape index (κ2) is 8.25. The zero-order chi connectivity index (χ0) is 21.0. The van der Waals surface area contributed by atoms with E-state index < -0.39 is 18.5 Å². The van der Waals surface area contributed by atoms with Gasteiger partial charge in [-0.25, -0.2) is 9.97 Å². The lowest BCUT2D eigenvalue weighted by Gasteiger charge is -2.14. The zero-order valence-electron chi connectivity index (χ0n) is 14.7. The number of hydrogen-bond donors (Lipinski definition) is 1. The van der Waals surface area contributed by atoms with Crippen molar-refractivity contribution in [1.82, 2.24) is 15.0 Å². The molecule has 2 aromatic heterocycles. The summed E-state index contributed by atoms with van der Waals surface area (Å²) in [6, 6.07) is 7.53. The normalized spacial score (nSPS) is 11.4. The number of methoxy groups -OCH3 is 1. The molecule has 0 aliphatic heterocycles. The molecule has 0 saturated carbocycles. The maximum atomic E-state index is 13.3. The summed E-state index contributed by atoms with van der Waals surface area (Å²) >= 11 is 0. The van der Waals surface area contributed by atoms with Crippen LogP contribution in [0, 0.1) is 0 Å². The van der Waals surface area contributed by atoms with Gasteiger partial charge in [0.15, 0.2) is 23.0 Å². The van der Waals surface area contributed by atoms with E-state index in [2.05, 4.69) is 25.0 Å². The van der Waals surface area contributed by atoms with Crippen molar-refractivity contribution < 1.29 is 31.4 Å². The molecule has 0 aliphatic rings. The SMILES string of the molecule is COc1ccc(Nc2cc(C(F)(F)F)nc(-c3ccncc3)n2)cc1OC(F)F. The van der Waals surface area contributed by atoms with Gasteiger partial charge >= 0.3 is 12.8 Å². The molecule has 0 atom stereocenters. The van der Waals surface area contributed by atoms with Gasteiger partial charge in [0.1, 0.15) is 5.82 Å². The largest absolute Gasteiger partial charge is 0.493 e. The molecule has 0 bridgehead atoms. The fourth-order valence-corrected chi connectivity index (χ4v) is 2.38. The Labute approximate surface area is 161 Å². The Bertz CT molecular complexity index is 984. The highest BCUT2D eigenvalue weighted by molar-refractivity contribution is 5.64. The molecule has 29 heavy (non-hydrogen) atoms. The van der Waals surface area contributed by atoms with Crippen molar-refractivity contribution in [2.45, 2.75) is 12.8 Å². The Morgan fingerprint density at radius 1 is 0.966 bits per heavy atom. The predicted octanol–water partition coefficient (Wildman–Crippen LogP) is 4.91. The first-order valence-electron chi connectivity index (χ1n) is 8.03. The number of nitrogens with zero attached hydrogens (tertiary/aromatic N) is 3. The number of aromatic nitrogens is 3. The third-order valence-corrected chi connectivity index (χ3v) is 3.61. The molecule has 2 heterocycles. The molecule has 6 nitrogen and oxygen atoms in total. The van der Waals surface area contributed by atoms with Gasteiger partial charge < -0.3 is 14.8 Å². The van der Waals surface area contributed by atoms with Crippen LogP contribution >= 0.6 is 0 Å². The monoisotopic (exact) mass is 412 g/mol. The quantitative estimate of drug-likeness (QED) is 0.580. The third kappa shape index (κ3) is 5.06. The van der Waals surface area contributed by atoms with Crippen LogP contribution in [0.3, 0.4) is 0 Å². The van der Waals surface area contributed by atoms with Crippen molar-refractivity contribution in [3.8, 4) is 22.9 Å². The molecule has 0 saturated heterocycles. The number of alkyl halides is 5. The molecule has 1 N–H and O–H groups in total. The highest BCUT2D eigenvalue weighted by Crippen LogP contribution is 2.34. The molecule has 0 aliphatic carbocycles. The van der Waals surface area contributed by atoms with E-state index in [0.717, 1.165) is 6.07 Å². The van der Waals surface area contributed by atoms with Crippen LogP contribution in [0.5, 0.6) is 11.5 Å². The van der Waals surface area contributed by atoms with Crippen LogP contribution in [0.15, 0.2) is 48.8 Å². The Morgan fingerprint density at radius 3 is 2.31 bits per heavy atom. The van der Waals surface area contributed by atoms with Crippen LogP contribution in [0.25, 0.3) is 11.4 Å². The van der Waals surface area contributed by atoms with E-state index in [1.54, 1.807) is 0 Å². The first-order valence-corrected chi connectivity index (χ1v) is 8.03. The minimum absolute atomic E-state index is 0.0343. The molecular formula is C18H13F5N4O2. The number of rotatable bonds is 6. The van der Waals surface area contributed by atoms with Gasteiger partial charge in [-0.15, -0.1) is 0 Å². The molecule has 0 radical (unpaired) electrons. The molecule has 0 fully saturated rings. The summed E-state index contributed by atoms with van der Waals surface area (Å²) in [5, 5.41) is 2.64. The van der Waals surface area contributed by atoms with E-state index in [1.807, 2.05) is 0 Å². The average Bonchev–Trinajstić information content (AvgIpc) is 2.67. The third-order valence-electron chi connectivity index (χ3n) is 3.61. The number of nitrogens with one attached hydrogen (secondary N) is 1. The van der Waals surface area contributed by atoms with Gasteiger partial charge in [0.25, 0.3) is 0 Å². The van der Waals surface area contributed by atoms with E-state index in [-0.39, 0.29) is 28.8 Å². The molecule has 0 unspecified atom stereocenters.